The molecule has 1 heterocycles. The molecule has 3 amide bonds. The number of amides is 3. The number of carbonyl (C=O) groups is 4. The van der Waals surface area contributed by atoms with E-state index in [9.17, 15) is 27.6 Å². The number of ether oxygens (including phenoxy) is 2. The molecule has 0 aromatic carbocycles. The number of sulfonamides is 1. The molecule has 0 aromatic heterocycles. The van der Waals surface area contributed by atoms with Gasteiger partial charge in [-0.3, -0.25) is 14.4 Å². The Morgan fingerprint density at radius 1 is 1.13 bits per heavy atom. The van der Waals surface area contributed by atoms with Gasteiger partial charge in [0.05, 0.1) is 19.0 Å². The Hall–Kier alpha value is -2.51. The third kappa shape index (κ3) is 12.8. The van der Waals surface area contributed by atoms with Crippen molar-refractivity contribution in [2.24, 2.45) is 11.8 Å². The molecule has 0 bridgehead atoms. The Labute approximate surface area is 226 Å². The van der Waals surface area contributed by atoms with Gasteiger partial charge in [0.2, 0.25) is 27.7 Å². The van der Waals surface area contributed by atoms with Gasteiger partial charge < -0.3 is 25.4 Å². The van der Waals surface area contributed by atoms with E-state index in [4.69, 9.17) is 9.47 Å². The van der Waals surface area contributed by atoms with Crippen molar-refractivity contribution in [3.05, 3.63) is 12.2 Å². The minimum absolute atomic E-state index is 0.00951. The van der Waals surface area contributed by atoms with Crippen LogP contribution in [0, 0.1) is 11.8 Å². The molecule has 0 saturated carbocycles. The normalized spacial score (nSPS) is 19.0. The largest absolute Gasteiger partial charge is 0.463 e. The number of nitrogens with one attached hydrogen (secondary N) is 4. The van der Waals surface area contributed by atoms with Gasteiger partial charge in [0.1, 0.15) is 12.1 Å². The van der Waals surface area contributed by atoms with Gasteiger partial charge in [0.15, 0.2) is 0 Å². The van der Waals surface area contributed by atoms with Crippen LogP contribution in [-0.4, -0.2) is 82.4 Å². The van der Waals surface area contributed by atoms with Crippen molar-refractivity contribution in [1.29, 1.82) is 0 Å². The number of carbonyl (C=O) groups excluding carboxylic acids is 4. The van der Waals surface area contributed by atoms with E-state index in [2.05, 4.69) is 20.7 Å². The SMILES string of the molecule is CCCOC(C)[C@H](NS(C)(=O)=O)C(=O)N[C@@H](CC(C)C)C(=O)N[C@H](/C=C/C(=O)OCC)C[C@@H]1CCNC1=O. The molecule has 0 aliphatic carbocycles. The van der Waals surface area contributed by atoms with Crippen molar-refractivity contribution in [1.82, 2.24) is 20.7 Å². The molecule has 1 fully saturated rings. The van der Waals surface area contributed by atoms with Gasteiger partial charge in [-0.2, -0.15) is 0 Å². The summed E-state index contributed by atoms with van der Waals surface area (Å²) in [5, 5.41) is 8.25. The van der Waals surface area contributed by atoms with Crippen LogP contribution in [0.3, 0.4) is 0 Å². The first-order chi connectivity index (χ1) is 17.8. The fourth-order valence-electron chi connectivity index (χ4n) is 3.99. The Morgan fingerprint density at radius 2 is 1.82 bits per heavy atom. The summed E-state index contributed by atoms with van der Waals surface area (Å²) in [5.74, 6) is -2.26. The third-order valence-corrected chi connectivity index (χ3v) is 6.48. The minimum atomic E-state index is -3.76. The Bertz CT molecular complexity index is 938. The van der Waals surface area contributed by atoms with Crippen molar-refractivity contribution in [2.75, 3.05) is 26.0 Å². The highest BCUT2D eigenvalue weighted by Gasteiger charge is 2.33. The van der Waals surface area contributed by atoms with E-state index in [-0.39, 0.29) is 37.2 Å². The Kier molecular flexibility index (Phi) is 14.5. The number of hydrogen-bond acceptors (Lipinski definition) is 8. The second-order valence-corrected chi connectivity index (χ2v) is 11.7. The maximum Gasteiger partial charge on any atom is 0.330 e. The van der Waals surface area contributed by atoms with Crippen LogP contribution in [0.25, 0.3) is 0 Å². The molecule has 1 saturated heterocycles. The van der Waals surface area contributed by atoms with Gasteiger partial charge in [0.25, 0.3) is 0 Å². The molecule has 0 spiro atoms. The molecule has 1 aliphatic heterocycles. The molecule has 0 aromatic rings. The first-order valence-electron chi connectivity index (χ1n) is 13.1. The Morgan fingerprint density at radius 3 is 2.34 bits per heavy atom. The first kappa shape index (κ1) is 33.5. The van der Waals surface area contributed by atoms with Crippen LogP contribution in [0.1, 0.15) is 60.3 Å². The summed E-state index contributed by atoms with van der Waals surface area (Å²) in [6.45, 7) is 9.96. The molecule has 1 rings (SSSR count). The third-order valence-electron chi connectivity index (χ3n) is 5.80. The van der Waals surface area contributed by atoms with Crippen LogP contribution < -0.4 is 20.7 Å². The van der Waals surface area contributed by atoms with E-state index >= 15 is 0 Å². The van der Waals surface area contributed by atoms with Gasteiger partial charge in [-0.1, -0.05) is 26.8 Å². The van der Waals surface area contributed by atoms with Crippen LogP contribution in [-0.2, 0) is 38.7 Å². The molecular weight excluding hydrogens is 516 g/mol. The lowest BCUT2D eigenvalue weighted by molar-refractivity contribution is -0.137. The average Bonchev–Trinajstić information content (AvgIpc) is 3.22. The maximum atomic E-state index is 13.4. The molecule has 0 radical (unpaired) electrons. The molecule has 1 aliphatic rings. The van der Waals surface area contributed by atoms with Gasteiger partial charge in [-0.15, -0.1) is 0 Å². The van der Waals surface area contributed by atoms with E-state index < -0.39 is 52.0 Å². The highest BCUT2D eigenvalue weighted by atomic mass is 32.2. The van der Waals surface area contributed by atoms with E-state index in [1.807, 2.05) is 20.8 Å². The smallest absolute Gasteiger partial charge is 0.330 e. The lowest BCUT2D eigenvalue weighted by atomic mass is 9.97. The lowest BCUT2D eigenvalue weighted by Crippen LogP contribution is -2.58. The van der Waals surface area contributed by atoms with Crippen molar-refractivity contribution < 1.29 is 37.1 Å². The molecule has 38 heavy (non-hydrogen) atoms. The zero-order chi connectivity index (χ0) is 28.9. The maximum absolute atomic E-state index is 13.4. The molecule has 1 unspecified atom stereocenters. The van der Waals surface area contributed by atoms with Crippen molar-refractivity contribution in [3.63, 3.8) is 0 Å². The summed E-state index contributed by atoms with van der Waals surface area (Å²) in [7, 11) is -3.76. The van der Waals surface area contributed by atoms with E-state index in [0.29, 0.717) is 26.0 Å². The van der Waals surface area contributed by atoms with Crippen LogP contribution in [0.2, 0.25) is 0 Å². The average molecular weight is 561 g/mol. The summed E-state index contributed by atoms with van der Waals surface area (Å²) >= 11 is 0. The monoisotopic (exact) mass is 560 g/mol. The van der Waals surface area contributed by atoms with Gasteiger partial charge in [-0.25, -0.2) is 17.9 Å². The van der Waals surface area contributed by atoms with Gasteiger partial charge in [-0.05, 0) is 45.4 Å². The molecule has 4 N–H and O–H groups in total. The van der Waals surface area contributed by atoms with E-state index in [1.165, 1.54) is 12.2 Å². The second kappa shape index (κ2) is 16.5. The fourth-order valence-corrected chi connectivity index (χ4v) is 4.75. The van der Waals surface area contributed by atoms with Gasteiger partial charge in [0, 0.05) is 31.2 Å². The van der Waals surface area contributed by atoms with Crippen molar-refractivity contribution in [3.8, 4) is 0 Å². The van der Waals surface area contributed by atoms with Crippen LogP contribution in [0.5, 0.6) is 0 Å². The molecule has 13 heteroatoms. The number of hydrogen-bond donors (Lipinski definition) is 4. The van der Waals surface area contributed by atoms with E-state index in [1.54, 1.807) is 13.8 Å². The standard InChI is InChI=1S/C25H44N4O8S/c1-7-13-37-17(5)22(29-38(6,34)35)25(33)28-20(14-16(3)4)24(32)27-19(9-10-21(30)36-8-2)15-18-11-12-26-23(18)31/h9-10,16-20,22,29H,7-8,11-15H2,1-6H3,(H,26,31)(H,27,32)(H,28,33)/b10-9+/t17?,18-,19+,20-,22-/m0/s1. The molecule has 12 nitrogen and oxygen atoms in total. The summed E-state index contributed by atoms with van der Waals surface area (Å²) in [5.41, 5.74) is 0. The summed E-state index contributed by atoms with van der Waals surface area (Å²) in [6, 6.07) is -2.93. The Balaban J connectivity index is 3.11. The highest BCUT2D eigenvalue weighted by molar-refractivity contribution is 7.88. The summed E-state index contributed by atoms with van der Waals surface area (Å²) in [4.78, 5) is 50.5. The van der Waals surface area contributed by atoms with Crippen LogP contribution >= 0.6 is 0 Å². The molecule has 218 valence electrons. The van der Waals surface area contributed by atoms with Crippen molar-refractivity contribution >= 4 is 33.7 Å². The minimum Gasteiger partial charge on any atom is -0.463 e. The zero-order valence-corrected chi connectivity index (χ0v) is 24.1. The lowest BCUT2D eigenvalue weighted by Gasteiger charge is -2.28. The van der Waals surface area contributed by atoms with Crippen molar-refractivity contribution in [2.45, 2.75) is 84.5 Å². The van der Waals surface area contributed by atoms with Crippen LogP contribution in [0.15, 0.2) is 12.2 Å². The highest BCUT2D eigenvalue weighted by Crippen LogP contribution is 2.17. The number of rotatable bonds is 17. The predicted molar refractivity (Wildman–Crippen MR) is 142 cm³/mol. The molecule has 5 atom stereocenters. The van der Waals surface area contributed by atoms with Crippen LogP contribution in [0.4, 0.5) is 0 Å². The summed E-state index contributed by atoms with van der Waals surface area (Å²) in [6.07, 6.45) is 4.64. The number of esters is 1. The van der Waals surface area contributed by atoms with E-state index in [0.717, 1.165) is 6.26 Å². The predicted octanol–water partition coefficient (Wildman–Crippen LogP) is 0.381. The fraction of sp³-hybridized carbons (Fsp3) is 0.760. The second-order valence-electron chi connectivity index (χ2n) is 9.87. The topological polar surface area (TPSA) is 169 Å². The first-order valence-corrected chi connectivity index (χ1v) is 15.0. The molecular formula is C25H44N4O8S. The summed E-state index contributed by atoms with van der Waals surface area (Å²) < 4.78 is 36.7. The quantitative estimate of drug-likeness (QED) is 0.146. The van der Waals surface area contributed by atoms with Gasteiger partial charge >= 0.3 is 5.97 Å². The zero-order valence-electron chi connectivity index (χ0n) is 23.2.